The molecule has 4 rings (SSSR count). The first-order valence-corrected chi connectivity index (χ1v) is 11.1. The minimum Gasteiger partial charge on any atom is -0.497 e. The fourth-order valence-corrected chi connectivity index (χ4v) is 4.40. The van der Waals surface area contributed by atoms with Crippen molar-refractivity contribution in [3.8, 4) is 5.75 Å². The first-order valence-electron chi connectivity index (χ1n) is 11.1. The van der Waals surface area contributed by atoms with Gasteiger partial charge in [0, 0.05) is 38.4 Å². The summed E-state index contributed by atoms with van der Waals surface area (Å²) >= 11 is 0. The van der Waals surface area contributed by atoms with E-state index in [1.165, 1.54) is 11.3 Å². The van der Waals surface area contributed by atoms with Gasteiger partial charge in [0.1, 0.15) is 5.75 Å². The summed E-state index contributed by atoms with van der Waals surface area (Å²) in [4.78, 5) is 4.97. The van der Waals surface area contributed by atoms with Crippen molar-refractivity contribution in [3.05, 3.63) is 66.0 Å². The summed E-state index contributed by atoms with van der Waals surface area (Å²) < 4.78 is 7.28. The van der Waals surface area contributed by atoms with Gasteiger partial charge in [0.2, 0.25) is 0 Å². The van der Waals surface area contributed by atoms with Gasteiger partial charge in [0.05, 0.1) is 13.2 Å². The monoisotopic (exact) mass is 420 g/mol. The zero-order valence-electron chi connectivity index (χ0n) is 18.7. The Morgan fingerprint density at radius 2 is 1.65 bits per heavy atom. The quantitative estimate of drug-likeness (QED) is 0.556. The number of tetrazole rings is 1. The van der Waals surface area contributed by atoms with Gasteiger partial charge in [0.25, 0.3) is 0 Å². The molecule has 3 aromatic rings. The molecule has 0 amide bonds. The molecule has 1 saturated heterocycles. The van der Waals surface area contributed by atoms with Crippen molar-refractivity contribution >= 4 is 5.69 Å². The Morgan fingerprint density at radius 1 is 0.935 bits per heavy atom. The van der Waals surface area contributed by atoms with Crippen LogP contribution < -0.4 is 9.64 Å². The van der Waals surface area contributed by atoms with Gasteiger partial charge in [-0.05, 0) is 52.6 Å². The molecule has 7 nitrogen and oxygen atoms in total. The summed E-state index contributed by atoms with van der Waals surface area (Å²) in [6.45, 7) is 9.26. The molecular formula is C24H32N6O. The average Bonchev–Trinajstić information content (AvgIpc) is 3.27. The third kappa shape index (κ3) is 5.05. The van der Waals surface area contributed by atoms with Crippen molar-refractivity contribution in [2.75, 3.05) is 38.2 Å². The van der Waals surface area contributed by atoms with Crippen LogP contribution in [0, 0.1) is 5.92 Å². The smallest absolute Gasteiger partial charge is 0.168 e. The fourth-order valence-electron chi connectivity index (χ4n) is 4.40. The highest BCUT2D eigenvalue weighted by Crippen LogP contribution is 2.29. The molecule has 1 aromatic heterocycles. The van der Waals surface area contributed by atoms with Crippen LogP contribution in [0.4, 0.5) is 5.69 Å². The SMILES string of the molecule is COc1ccc(N2CCN([C@H](c3nnnn3CCc3ccccc3)C(C)C)CC2)cc1. The second-order valence-corrected chi connectivity index (χ2v) is 8.41. The Hall–Kier alpha value is -2.93. The second kappa shape index (κ2) is 9.92. The molecule has 0 bridgehead atoms. The summed E-state index contributed by atoms with van der Waals surface area (Å²) in [5.41, 5.74) is 2.55. The van der Waals surface area contributed by atoms with E-state index in [0.717, 1.165) is 50.7 Å². The van der Waals surface area contributed by atoms with Crippen LogP contribution in [0.1, 0.15) is 31.3 Å². The molecular weight excluding hydrogens is 388 g/mol. The number of benzene rings is 2. The molecule has 164 valence electrons. The number of rotatable bonds is 8. The van der Waals surface area contributed by atoms with Crippen LogP contribution in [0.2, 0.25) is 0 Å². The Bertz CT molecular complexity index is 932. The number of hydrogen-bond donors (Lipinski definition) is 0. The molecule has 1 atom stereocenters. The minimum absolute atomic E-state index is 0.212. The predicted octanol–water partition coefficient (Wildman–Crippen LogP) is 3.44. The number of methoxy groups -OCH3 is 1. The number of ether oxygens (including phenoxy) is 1. The van der Waals surface area contributed by atoms with Gasteiger partial charge in [0.15, 0.2) is 5.82 Å². The van der Waals surface area contributed by atoms with Crippen molar-refractivity contribution in [1.82, 2.24) is 25.1 Å². The Kier molecular flexibility index (Phi) is 6.82. The maximum Gasteiger partial charge on any atom is 0.168 e. The van der Waals surface area contributed by atoms with Gasteiger partial charge in [-0.15, -0.1) is 5.10 Å². The molecule has 1 fully saturated rings. The highest BCUT2D eigenvalue weighted by Gasteiger charge is 2.31. The van der Waals surface area contributed by atoms with Gasteiger partial charge in [-0.25, -0.2) is 4.68 Å². The molecule has 0 saturated carbocycles. The standard InChI is InChI=1S/C24H32N6O/c1-19(2)23(24-25-26-27-30(24)14-13-20-7-5-4-6-8-20)29-17-15-28(16-18-29)21-9-11-22(31-3)12-10-21/h4-12,19,23H,13-18H2,1-3H3/t23-/m0/s1. The molecule has 0 spiro atoms. The second-order valence-electron chi connectivity index (χ2n) is 8.41. The van der Waals surface area contributed by atoms with E-state index in [2.05, 4.69) is 75.6 Å². The molecule has 2 aromatic carbocycles. The summed E-state index contributed by atoms with van der Waals surface area (Å²) in [6.07, 6.45) is 0.926. The van der Waals surface area contributed by atoms with E-state index in [1.54, 1.807) is 7.11 Å². The van der Waals surface area contributed by atoms with Crippen LogP contribution >= 0.6 is 0 Å². The van der Waals surface area contributed by atoms with Crippen LogP contribution in [-0.2, 0) is 13.0 Å². The van der Waals surface area contributed by atoms with Gasteiger partial charge in [-0.3, -0.25) is 4.90 Å². The maximum atomic E-state index is 5.28. The normalized spacial score (nSPS) is 15.9. The lowest BCUT2D eigenvalue weighted by molar-refractivity contribution is 0.134. The average molecular weight is 421 g/mol. The third-order valence-corrected chi connectivity index (χ3v) is 6.06. The molecule has 1 aliphatic rings. The number of hydrogen-bond acceptors (Lipinski definition) is 6. The summed E-state index contributed by atoms with van der Waals surface area (Å²) in [7, 11) is 1.70. The maximum absolute atomic E-state index is 5.28. The lowest BCUT2D eigenvalue weighted by atomic mass is 10.0. The third-order valence-electron chi connectivity index (χ3n) is 6.06. The summed E-state index contributed by atoms with van der Waals surface area (Å²) in [5.74, 6) is 2.29. The molecule has 0 N–H and O–H groups in total. The lowest BCUT2D eigenvalue weighted by Gasteiger charge is -2.41. The Labute approximate surface area is 184 Å². The van der Waals surface area contributed by atoms with Crippen molar-refractivity contribution in [3.63, 3.8) is 0 Å². The van der Waals surface area contributed by atoms with E-state index >= 15 is 0 Å². The first-order chi connectivity index (χ1) is 15.2. The number of aryl methyl sites for hydroxylation is 2. The summed E-state index contributed by atoms with van der Waals surface area (Å²) in [5, 5.41) is 12.8. The number of piperazine rings is 1. The van der Waals surface area contributed by atoms with Crippen LogP contribution in [0.25, 0.3) is 0 Å². The minimum atomic E-state index is 0.212. The molecule has 31 heavy (non-hydrogen) atoms. The molecule has 0 radical (unpaired) electrons. The lowest BCUT2D eigenvalue weighted by Crippen LogP contribution is -2.49. The topological polar surface area (TPSA) is 59.3 Å². The van der Waals surface area contributed by atoms with Gasteiger partial charge in [-0.2, -0.15) is 0 Å². The van der Waals surface area contributed by atoms with Gasteiger partial charge >= 0.3 is 0 Å². The van der Waals surface area contributed by atoms with Crippen LogP contribution in [0.3, 0.4) is 0 Å². The van der Waals surface area contributed by atoms with Gasteiger partial charge in [-0.1, -0.05) is 44.2 Å². The molecule has 1 aliphatic heterocycles. The molecule has 0 unspecified atom stereocenters. The Balaban J connectivity index is 1.42. The Morgan fingerprint density at radius 3 is 2.29 bits per heavy atom. The highest BCUT2D eigenvalue weighted by molar-refractivity contribution is 5.49. The van der Waals surface area contributed by atoms with E-state index in [4.69, 9.17) is 4.74 Å². The highest BCUT2D eigenvalue weighted by atomic mass is 16.5. The van der Waals surface area contributed by atoms with E-state index in [1.807, 2.05) is 22.9 Å². The first kappa shape index (κ1) is 21.3. The predicted molar refractivity (Wildman–Crippen MR) is 122 cm³/mol. The zero-order chi connectivity index (χ0) is 21.6. The van der Waals surface area contributed by atoms with Crippen molar-refractivity contribution in [1.29, 1.82) is 0 Å². The number of anilines is 1. The van der Waals surface area contributed by atoms with Crippen molar-refractivity contribution in [2.45, 2.75) is 32.9 Å². The van der Waals surface area contributed by atoms with Crippen LogP contribution in [0.5, 0.6) is 5.75 Å². The number of nitrogens with zero attached hydrogens (tertiary/aromatic N) is 6. The van der Waals surface area contributed by atoms with E-state index in [9.17, 15) is 0 Å². The largest absolute Gasteiger partial charge is 0.497 e. The summed E-state index contributed by atoms with van der Waals surface area (Å²) in [6, 6.07) is 19.1. The van der Waals surface area contributed by atoms with Gasteiger partial charge < -0.3 is 9.64 Å². The van der Waals surface area contributed by atoms with E-state index in [-0.39, 0.29) is 6.04 Å². The zero-order valence-corrected chi connectivity index (χ0v) is 18.7. The van der Waals surface area contributed by atoms with Crippen LogP contribution in [0.15, 0.2) is 54.6 Å². The molecule has 0 aliphatic carbocycles. The van der Waals surface area contributed by atoms with E-state index in [0.29, 0.717) is 5.92 Å². The number of aromatic nitrogens is 4. The van der Waals surface area contributed by atoms with Crippen LogP contribution in [-0.4, -0.2) is 58.4 Å². The molecule has 7 heteroatoms. The fraction of sp³-hybridized carbons (Fsp3) is 0.458. The van der Waals surface area contributed by atoms with Crippen molar-refractivity contribution in [2.24, 2.45) is 5.92 Å². The van der Waals surface area contributed by atoms with E-state index < -0.39 is 0 Å². The molecule has 2 heterocycles. The van der Waals surface area contributed by atoms with Crippen molar-refractivity contribution < 1.29 is 4.74 Å².